The molecule has 2 aromatic carbocycles. The van der Waals surface area contributed by atoms with Crippen molar-refractivity contribution in [2.75, 3.05) is 7.11 Å². The maximum Gasteiger partial charge on any atom is 0.263 e. The Labute approximate surface area is 123 Å². The van der Waals surface area contributed by atoms with E-state index in [2.05, 4.69) is 4.98 Å². The molecule has 3 aromatic rings. The average Bonchev–Trinajstić information content (AvgIpc) is 2.90. The molecule has 0 saturated carbocycles. The van der Waals surface area contributed by atoms with Crippen molar-refractivity contribution in [3.8, 4) is 5.75 Å². The number of nitrogens with zero attached hydrogens (tertiary/aromatic N) is 2. The third-order valence-corrected chi connectivity index (χ3v) is 3.72. The van der Waals surface area contributed by atoms with Gasteiger partial charge in [0.2, 0.25) is 0 Å². The number of imidazole rings is 1. The van der Waals surface area contributed by atoms with Gasteiger partial charge in [0.05, 0.1) is 18.1 Å². The van der Waals surface area contributed by atoms with Gasteiger partial charge in [0.15, 0.2) is 0 Å². The summed E-state index contributed by atoms with van der Waals surface area (Å²) in [5.74, 6) is 0.636. The molecule has 0 fully saturated rings. The Morgan fingerprint density at radius 3 is 2.43 bits per heavy atom. The molecule has 1 aromatic heterocycles. The number of benzene rings is 2. The lowest BCUT2D eigenvalue weighted by atomic mass is 10.1. The van der Waals surface area contributed by atoms with Crippen LogP contribution >= 0.6 is 0 Å². The molecule has 4 heteroatoms. The number of hydrogen-bond acceptors (Lipinski definition) is 3. The molecule has 0 radical (unpaired) electrons. The minimum atomic E-state index is -0.0941. The van der Waals surface area contributed by atoms with Crippen molar-refractivity contribution in [3.63, 3.8) is 0 Å². The second kappa shape index (κ2) is 5.05. The van der Waals surface area contributed by atoms with E-state index in [1.165, 1.54) is 5.56 Å². The lowest BCUT2D eigenvalue weighted by Crippen LogP contribution is -2.10. The highest BCUT2D eigenvalue weighted by Crippen LogP contribution is 2.20. The van der Waals surface area contributed by atoms with Crippen molar-refractivity contribution in [3.05, 3.63) is 59.4 Å². The van der Waals surface area contributed by atoms with E-state index >= 15 is 0 Å². The maximum atomic E-state index is 12.6. The number of aryl methyl sites for hydroxylation is 2. The predicted octanol–water partition coefficient (Wildman–Crippen LogP) is 3.35. The third-order valence-electron chi connectivity index (χ3n) is 3.72. The van der Waals surface area contributed by atoms with Crippen LogP contribution in [0.3, 0.4) is 0 Å². The van der Waals surface area contributed by atoms with Gasteiger partial charge in [-0.1, -0.05) is 0 Å². The van der Waals surface area contributed by atoms with Gasteiger partial charge < -0.3 is 4.74 Å². The molecule has 3 rings (SSSR count). The summed E-state index contributed by atoms with van der Waals surface area (Å²) in [5.41, 5.74) is 4.59. The van der Waals surface area contributed by atoms with Gasteiger partial charge in [-0.15, -0.1) is 0 Å². The molecule has 4 nitrogen and oxygen atoms in total. The molecule has 0 unspecified atom stereocenters. The molecule has 0 bridgehead atoms. The molecule has 0 saturated heterocycles. The zero-order valence-electron chi connectivity index (χ0n) is 12.3. The zero-order valence-corrected chi connectivity index (χ0v) is 12.3. The van der Waals surface area contributed by atoms with E-state index in [9.17, 15) is 4.79 Å². The molecule has 0 spiro atoms. The largest absolute Gasteiger partial charge is 0.497 e. The first-order valence-corrected chi connectivity index (χ1v) is 6.73. The fraction of sp³-hybridized carbons (Fsp3) is 0.176. The van der Waals surface area contributed by atoms with Crippen LogP contribution in [0.1, 0.15) is 21.5 Å². The number of ether oxygens (including phenoxy) is 1. The lowest BCUT2D eigenvalue weighted by molar-refractivity contribution is 0.0964. The highest BCUT2D eigenvalue weighted by molar-refractivity contribution is 6.01. The fourth-order valence-electron chi connectivity index (χ4n) is 2.30. The molecular formula is C17H16N2O2. The molecule has 0 aliphatic carbocycles. The van der Waals surface area contributed by atoms with E-state index in [1.807, 2.05) is 26.0 Å². The van der Waals surface area contributed by atoms with Crippen LogP contribution < -0.4 is 4.74 Å². The van der Waals surface area contributed by atoms with Gasteiger partial charge in [0.1, 0.15) is 12.1 Å². The molecule has 0 aliphatic heterocycles. The quantitative estimate of drug-likeness (QED) is 0.723. The Bertz CT molecular complexity index is 817. The van der Waals surface area contributed by atoms with Crippen LogP contribution in [0.15, 0.2) is 42.7 Å². The van der Waals surface area contributed by atoms with Crippen molar-refractivity contribution in [2.45, 2.75) is 13.8 Å². The van der Waals surface area contributed by atoms with Crippen LogP contribution in [0.5, 0.6) is 5.75 Å². The van der Waals surface area contributed by atoms with Gasteiger partial charge in [-0.3, -0.25) is 9.36 Å². The van der Waals surface area contributed by atoms with Crippen LogP contribution in [0.2, 0.25) is 0 Å². The van der Waals surface area contributed by atoms with E-state index in [1.54, 1.807) is 42.3 Å². The van der Waals surface area contributed by atoms with Crippen molar-refractivity contribution in [2.24, 2.45) is 0 Å². The van der Waals surface area contributed by atoms with Crippen LogP contribution in [0.4, 0.5) is 0 Å². The van der Waals surface area contributed by atoms with Gasteiger partial charge in [0.25, 0.3) is 5.91 Å². The summed E-state index contributed by atoms with van der Waals surface area (Å²) in [7, 11) is 1.60. The summed E-state index contributed by atoms with van der Waals surface area (Å²) in [5, 5.41) is 0. The van der Waals surface area contributed by atoms with Crippen LogP contribution in [0, 0.1) is 13.8 Å². The van der Waals surface area contributed by atoms with Gasteiger partial charge >= 0.3 is 0 Å². The summed E-state index contributed by atoms with van der Waals surface area (Å²) < 4.78 is 6.70. The summed E-state index contributed by atoms with van der Waals surface area (Å²) in [6.45, 7) is 4.07. The minimum absolute atomic E-state index is 0.0941. The molecule has 0 N–H and O–H groups in total. The van der Waals surface area contributed by atoms with Crippen molar-refractivity contribution in [1.29, 1.82) is 0 Å². The van der Waals surface area contributed by atoms with Gasteiger partial charge in [-0.25, -0.2) is 4.98 Å². The molecular weight excluding hydrogens is 264 g/mol. The first kappa shape index (κ1) is 13.4. The Balaban J connectivity index is 2.06. The highest BCUT2D eigenvalue weighted by atomic mass is 16.5. The number of rotatable bonds is 2. The summed E-state index contributed by atoms with van der Waals surface area (Å²) in [6, 6.07) is 11.1. The first-order chi connectivity index (χ1) is 10.1. The molecule has 0 atom stereocenters. The first-order valence-electron chi connectivity index (χ1n) is 6.73. The average molecular weight is 280 g/mol. The summed E-state index contributed by atoms with van der Waals surface area (Å²) in [4.78, 5) is 16.9. The number of hydrogen-bond donors (Lipinski definition) is 0. The van der Waals surface area contributed by atoms with Crippen molar-refractivity contribution >= 4 is 16.9 Å². The Morgan fingerprint density at radius 2 is 1.76 bits per heavy atom. The Hall–Kier alpha value is -2.62. The second-order valence-electron chi connectivity index (χ2n) is 5.07. The Kier molecular flexibility index (Phi) is 3.22. The molecule has 0 aliphatic rings. The van der Waals surface area contributed by atoms with Crippen molar-refractivity contribution < 1.29 is 9.53 Å². The third kappa shape index (κ3) is 2.29. The monoisotopic (exact) mass is 280 g/mol. The fourth-order valence-corrected chi connectivity index (χ4v) is 2.30. The van der Waals surface area contributed by atoms with E-state index in [0.717, 1.165) is 22.3 Å². The topological polar surface area (TPSA) is 44.1 Å². The molecule has 0 amide bonds. The minimum Gasteiger partial charge on any atom is -0.497 e. The van der Waals surface area contributed by atoms with E-state index in [-0.39, 0.29) is 5.91 Å². The SMILES string of the molecule is COc1ccc(C(=O)n2cnc3cc(C)c(C)cc32)cc1. The molecule has 106 valence electrons. The van der Waals surface area contributed by atoms with Crippen molar-refractivity contribution in [1.82, 2.24) is 9.55 Å². The lowest BCUT2D eigenvalue weighted by Gasteiger charge is -2.06. The predicted molar refractivity (Wildman–Crippen MR) is 81.9 cm³/mol. The number of fused-ring (bicyclic) bond motifs is 1. The Morgan fingerprint density at radius 1 is 1.10 bits per heavy atom. The summed E-state index contributed by atoms with van der Waals surface area (Å²) >= 11 is 0. The molecule has 21 heavy (non-hydrogen) atoms. The van der Waals surface area contributed by atoms with Crippen LogP contribution in [0.25, 0.3) is 11.0 Å². The van der Waals surface area contributed by atoms with Crippen LogP contribution in [-0.4, -0.2) is 22.6 Å². The van der Waals surface area contributed by atoms with Crippen LogP contribution in [-0.2, 0) is 0 Å². The van der Waals surface area contributed by atoms with E-state index < -0.39 is 0 Å². The smallest absolute Gasteiger partial charge is 0.263 e. The zero-order chi connectivity index (χ0) is 15.0. The standard InChI is InChI=1S/C17H16N2O2/c1-11-8-15-16(9-12(11)2)19(10-18-15)17(20)13-4-6-14(21-3)7-5-13/h4-10H,1-3H3. The second-order valence-corrected chi connectivity index (χ2v) is 5.07. The normalized spacial score (nSPS) is 10.8. The van der Waals surface area contributed by atoms with Gasteiger partial charge in [0, 0.05) is 5.56 Å². The highest BCUT2D eigenvalue weighted by Gasteiger charge is 2.13. The number of methoxy groups -OCH3 is 1. The number of aromatic nitrogens is 2. The van der Waals surface area contributed by atoms with E-state index in [4.69, 9.17) is 4.74 Å². The van der Waals surface area contributed by atoms with E-state index in [0.29, 0.717) is 5.56 Å². The maximum absolute atomic E-state index is 12.6. The molecule has 1 heterocycles. The number of carbonyl (C=O) groups is 1. The number of carbonyl (C=O) groups excluding carboxylic acids is 1. The van der Waals surface area contributed by atoms with Gasteiger partial charge in [-0.05, 0) is 61.4 Å². The summed E-state index contributed by atoms with van der Waals surface area (Å²) in [6.07, 6.45) is 1.58. The van der Waals surface area contributed by atoms with Gasteiger partial charge in [-0.2, -0.15) is 0 Å².